The molecule has 1 saturated heterocycles. The molecule has 5 heteroatoms. The fraction of sp³-hybridized carbons (Fsp3) is 0.333. The minimum Gasteiger partial charge on any atom is -0.353 e. The van der Waals surface area contributed by atoms with Crippen LogP contribution in [-0.2, 0) is 4.79 Å². The van der Waals surface area contributed by atoms with Crippen LogP contribution in [0.3, 0.4) is 0 Å². The quantitative estimate of drug-likeness (QED) is 0.729. The van der Waals surface area contributed by atoms with E-state index in [4.69, 9.17) is 0 Å². The fourth-order valence-corrected chi connectivity index (χ4v) is 2.09. The lowest BCUT2D eigenvalue weighted by molar-refractivity contribution is -0.127. The normalized spacial score (nSPS) is 20.0. The van der Waals surface area contributed by atoms with Crippen molar-refractivity contribution < 1.29 is 9.59 Å². The molecule has 1 fully saturated rings. The number of benzene rings is 1. The molecule has 0 radical (unpaired) electrons. The summed E-state index contributed by atoms with van der Waals surface area (Å²) in [5.74, 6) is -0.227. The van der Waals surface area contributed by atoms with Gasteiger partial charge in [0.2, 0.25) is 5.91 Å². The van der Waals surface area contributed by atoms with Gasteiger partial charge in [0.15, 0.2) is 0 Å². The van der Waals surface area contributed by atoms with Crippen LogP contribution in [0.2, 0.25) is 0 Å². The van der Waals surface area contributed by atoms with Crippen molar-refractivity contribution in [1.29, 1.82) is 0 Å². The number of carbonyl (C=O) groups is 2. The second-order valence-electron chi connectivity index (χ2n) is 4.02. The van der Waals surface area contributed by atoms with Gasteiger partial charge in [-0.05, 0) is 25.1 Å². The van der Waals surface area contributed by atoms with Crippen molar-refractivity contribution in [2.24, 2.45) is 0 Å². The summed E-state index contributed by atoms with van der Waals surface area (Å²) in [6.45, 7) is 2.79. The van der Waals surface area contributed by atoms with E-state index >= 15 is 0 Å². The summed E-state index contributed by atoms with van der Waals surface area (Å²) in [5.41, 5.74) is 0.569. The molecule has 2 rings (SSSR count). The maximum Gasteiger partial charge on any atom is 0.254 e. The predicted octanol–water partition coefficient (Wildman–Crippen LogP) is 0.936. The number of thiol groups is 1. The Morgan fingerprint density at radius 2 is 2.29 bits per heavy atom. The molecule has 1 aliphatic heterocycles. The first-order valence-electron chi connectivity index (χ1n) is 5.47. The predicted molar refractivity (Wildman–Crippen MR) is 67.2 cm³/mol. The maximum atomic E-state index is 12.2. The smallest absolute Gasteiger partial charge is 0.254 e. The van der Waals surface area contributed by atoms with Crippen LogP contribution in [0.15, 0.2) is 29.2 Å². The maximum absolute atomic E-state index is 12.2. The SMILES string of the molecule is CC1C(=O)NCCN1C(=O)c1cccc(S)c1. The molecule has 2 amide bonds. The second-order valence-corrected chi connectivity index (χ2v) is 4.53. The molecule has 1 aliphatic rings. The van der Waals surface area contributed by atoms with Gasteiger partial charge in [0, 0.05) is 23.5 Å². The average molecular weight is 250 g/mol. The molecule has 1 N–H and O–H groups in total. The Labute approximate surface area is 105 Å². The van der Waals surface area contributed by atoms with E-state index in [2.05, 4.69) is 17.9 Å². The van der Waals surface area contributed by atoms with Crippen LogP contribution < -0.4 is 5.32 Å². The highest BCUT2D eigenvalue weighted by molar-refractivity contribution is 7.80. The van der Waals surface area contributed by atoms with Crippen LogP contribution >= 0.6 is 12.6 Å². The Kier molecular flexibility index (Phi) is 3.38. The second kappa shape index (κ2) is 4.79. The summed E-state index contributed by atoms with van der Waals surface area (Å²) in [6.07, 6.45) is 0. The Hall–Kier alpha value is -1.49. The van der Waals surface area contributed by atoms with E-state index in [1.807, 2.05) is 6.07 Å². The first-order valence-corrected chi connectivity index (χ1v) is 5.92. The van der Waals surface area contributed by atoms with Gasteiger partial charge in [0.25, 0.3) is 5.91 Å². The van der Waals surface area contributed by atoms with Gasteiger partial charge < -0.3 is 10.2 Å². The summed E-state index contributed by atoms with van der Waals surface area (Å²) >= 11 is 4.20. The van der Waals surface area contributed by atoms with Gasteiger partial charge in [0.05, 0.1) is 0 Å². The van der Waals surface area contributed by atoms with Crippen LogP contribution in [0.4, 0.5) is 0 Å². The van der Waals surface area contributed by atoms with E-state index in [9.17, 15) is 9.59 Å². The molecular weight excluding hydrogens is 236 g/mol. The van der Waals surface area contributed by atoms with Gasteiger partial charge in [-0.15, -0.1) is 12.6 Å². The topological polar surface area (TPSA) is 49.4 Å². The van der Waals surface area contributed by atoms with Crippen LogP contribution in [0.25, 0.3) is 0 Å². The third kappa shape index (κ3) is 2.44. The van der Waals surface area contributed by atoms with E-state index < -0.39 is 6.04 Å². The number of hydrogen-bond acceptors (Lipinski definition) is 3. The van der Waals surface area contributed by atoms with Gasteiger partial charge in [-0.2, -0.15) is 0 Å². The first kappa shape index (κ1) is 12.0. The monoisotopic (exact) mass is 250 g/mol. The van der Waals surface area contributed by atoms with E-state index in [-0.39, 0.29) is 11.8 Å². The molecule has 0 aromatic heterocycles. The highest BCUT2D eigenvalue weighted by Crippen LogP contribution is 2.14. The zero-order chi connectivity index (χ0) is 12.4. The van der Waals surface area contributed by atoms with Crippen LogP contribution in [0.5, 0.6) is 0 Å². The Balaban J connectivity index is 2.22. The summed E-state index contributed by atoms with van der Waals surface area (Å²) in [5, 5.41) is 2.73. The van der Waals surface area contributed by atoms with Gasteiger partial charge in [0.1, 0.15) is 6.04 Å². The number of nitrogens with one attached hydrogen (secondary N) is 1. The van der Waals surface area contributed by atoms with Crippen molar-refractivity contribution in [2.75, 3.05) is 13.1 Å². The van der Waals surface area contributed by atoms with Crippen molar-refractivity contribution in [2.45, 2.75) is 17.9 Å². The van der Waals surface area contributed by atoms with Crippen molar-refractivity contribution in [3.05, 3.63) is 29.8 Å². The van der Waals surface area contributed by atoms with Gasteiger partial charge >= 0.3 is 0 Å². The first-order chi connectivity index (χ1) is 8.09. The molecule has 0 aliphatic carbocycles. The molecule has 90 valence electrons. The van der Waals surface area contributed by atoms with Crippen molar-refractivity contribution in [3.63, 3.8) is 0 Å². The number of rotatable bonds is 1. The Bertz CT molecular complexity index is 462. The van der Waals surface area contributed by atoms with E-state index in [0.717, 1.165) is 4.90 Å². The van der Waals surface area contributed by atoms with Crippen LogP contribution in [0.1, 0.15) is 17.3 Å². The van der Waals surface area contributed by atoms with Crippen molar-refractivity contribution >= 4 is 24.4 Å². The fourth-order valence-electron chi connectivity index (χ4n) is 1.86. The molecule has 1 aromatic carbocycles. The molecule has 0 saturated carbocycles. The number of carbonyl (C=O) groups excluding carboxylic acids is 2. The summed E-state index contributed by atoms with van der Waals surface area (Å²) < 4.78 is 0. The van der Waals surface area contributed by atoms with Gasteiger partial charge in [-0.3, -0.25) is 9.59 Å². The molecule has 1 unspecified atom stereocenters. The number of piperazine rings is 1. The standard InChI is InChI=1S/C12H14N2O2S/c1-8-11(15)13-5-6-14(8)12(16)9-3-2-4-10(17)7-9/h2-4,7-8,17H,5-6H2,1H3,(H,13,15). The molecular formula is C12H14N2O2S. The summed E-state index contributed by atoms with van der Waals surface area (Å²) in [4.78, 5) is 26.0. The van der Waals surface area contributed by atoms with Crippen LogP contribution in [0, 0.1) is 0 Å². The highest BCUT2D eigenvalue weighted by Gasteiger charge is 2.29. The zero-order valence-electron chi connectivity index (χ0n) is 9.51. The summed E-state index contributed by atoms with van der Waals surface area (Å²) in [6, 6.07) is 6.63. The lowest BCUT2D eigenvalue weighted by Gasteiger charge is -2.32. The summed E-state index contributed by atoms with van der Waals surface area (Å²) in [7, 11) is 0. The van der Waals surface area contributed by atoms with Crippen LogP contribution in [-0.4, -0.2) is 35.8 Å². The van der Waals surface area contributed by atoms with E-state index in [1.54, 1.807) is 30.0 Å². The largest absolute Gasteiger partial charge is 0.353 e. The van der Waals surface area contributed by atoms with Gasteiger partial charge in [-0.25, -0.2) is 0 Å². The van der Waals surface area contributed by atoms with Crippen molar-refractivity contribution in [1.82, 2.24) is 10.2 Å². The molecule has 1 aromatic rings. The van der Waals surface area contributed by atoms with E-state index in [1.165, 1.54) is 0 Å². The minimum absolute atomic E-state index is 0.105. The molecule has 4 nitrogen and oxygen atoms in total. The molecule has 0 spiro atoms. The third-order valence-corrected chi connectivity index (χ3v) is 3.13. The average Bonchev–Trinajstić information content (AvgIpc) is 2.32. The van der Waals surface area contributed by atoms with Gasteiger partial charge in [-0.1, -0.05) is 6.07 Å². The Morgan fingerprint density at radius 1 is 1.53 bits per heavy atom. The number of hydrogen-bond donors (Lipinski definition) is 2. The number of amides is 2. The minimum atomic E-state index is -0.417. The third-order valence-electron chi connectivity index (χ3n) is 2.85. The lowest BCUT2D eigenvalue weighted by atomic mass is 10.1. The van der Waals surface area contributed by atoms with Crippen molar-refractivity contribution in [3.8, 4) is 0 Å². The Morgan fingerprint density at radius 3 is 3.00 bits per heavy atom. The highest BCUT2D eigenvalue weighted by atomic mass is 32.1. The molecule has 0 bridgehead atoms. The number of nitrogens with zero attached hydrogens (tertiary/aromatic N) is 1. The molecule has 1 atom stereocenters. The molecule has 17 heavy (non-hydrogen) atoms. The lowest BCUT2D eigenvalue weighted by Crippen LogP contribution is -2.55. The zero-order valence-corrected chi connectivity index (χ0v) is 10.4. The molecule has 1 heterocycles. The van der Waals surface area contributed by atoms with E-state index in [0.29, 0.717) is 18.7 Å².